The third-order valence-electron chi connectivity index (χ3n) is 2.11. The highest BCUT2D eigenvalue weighted by Crippen LogP contribution is 2.12. The number of hydrogen-bond acceptors (Lipinski definition) is 4. The number of rotatable bonds is 4. The molecular formula is C15H20O4. The van der Waals surface area contributed by atoms with E-state index in [9.17, 15) is 4.79 Å². The minimum atomic E-state index is -0.660. The topological polar surface area (TPSA) is 44.8 Å². The first-order valence-corrected chi connectivity index (χ1v) is 6.07. The third kappa shape index (κ3) is 6.50. The summed E-state index contributed by atoms with van der Waals surface area (Å²) in [5, 5.41) is 0. The summed E-state index contributed by atoms with van der Waals surface area (Å²) >= 11 is 0. The first-order chi connectivity index (χ1) is 8.90. The van der Waals surface area contributed by atoms with Crippen LogP contribution in [0.25, 0.3) is 6.08 Å². The highest BCUT2D eigenvalue weighted by molar-refractivity contribution is 5.61. The molecule has 1 aromatic carbocycles. The van der Waals surface area contributed by atoms with Gasteiger partial charge in [-0.1, -0.05) is 18.2 Å². The van der Waals surface area contributed by atoms with E-state index >= 15 is 0 Å². The maximum Gasteiger partial charge on any atom is 0.509 e. The Bertz CT molecular complexity index is 426. The fourth-order valence-corrected chi connectivity index (χ4v) is 1.29. The van der Waals surface area contributed by atoms with Gasteiger partial charge in [0.2, 0.25) is 0 Å². The van der Waals surface area contributed by atoms with Crippen molar-refractivity contribution in [3.05, 3.63) is 35.9 Å². The molecule has 0 aliphatic rings. The van der Waals surface area contributed by atoms with E-state index in [1.54, 1.807) is 34.0 Å². The van der Waals surface area contributed by atoms with E-state index in [1.165, 1.54) is 0 Å². The largest absolute Gasteiger partial charge is 0.509 e. The highest BCUT2D eigenvalue weighted by atomic mass is 16.7. The molecule has 0 spiro atoms. The molecule has 0 saturated carbocycles. The molecule has 0 aliphatic heterocycles. The van der Waals surface area contributed by atoms with Gasteiger partial charge in [0.1, 0.15) is 18.0 Å². The molecular weight excluding hydrogens is 244 g/mol. The number of benzene rings is 1. The van der Waals surface area contributed by atoms with Crippen LogP contribution in [0.2, 0.25) is 0 Å². The predicted octanol–water partition coefficient (Wildman–Crippen LogP) is 3.66. The molecule has 0 amide bonds. The van der Waals surface area contributed by atoms with Gasteiger partial charge in [0.15, 0.2) is 0 Å². The van der Waals surface area contributed by atoms with Gasteiger partial charge in [-0.15, -0.1) is 0 Å². The Kier molecular flexibility index (Phi) is 5.42. The van der Waals surface area contributed by atoms with Crippen LogP contribution in [0.4, 0.5) is 4.79 Å². The Labute approximate surface area is 114 Å². The lowest BCUT2D eigenvalue weighted by Crippen LogP contribution is -2.24. The van der Waals surface area contributed by atoms with Crippen LogP contribution in [0.15, 0.2) is 30.3 Å². The van der Waals surface area contributed by atoms with Crippen LogP contribution in [0.1, 0.15) is 26.3 Å². The molecule has 1 aromatic rings. The van der Waals surface area contributed by atoms with Crippen molar-refractivity contribution in [1.29, 1.82) is 0 Å². The second-order valence-corrected chi connectivity index (χ2v) is 4.95. The van der Waals surface area contributed by atoms with Crippen LogP contribution in [-0.2, 0) is 9.47 Å². The summed E-state index contributed by atoms with van der Waals surface area (Å²) in [6.45, 7) is 5.56. The summed E-state index contributed by atoms with van der Waals surface area (Å²) in [4.78, 5) is 11.3. The Morgan fingerprint density at radius 3 is 2.37 bits per heavy atom. The van der Waals surface area contributed by atoms with Gasteiger partial charge in [0.25, 0.3) is 0 Å². The zero-order valence-electron chi connectivity index (χ0n) is 11.8. The molecule has 19 heavy (non-hydrogen) atoms. The van der Waals surface area contributed by atoms with Gasteiger partial charge in [-0.25, -0.2) is 4.79 Å². The Balaban J connectivity index is 2.35. The maximum absolute atomic E-state index is 11.3. The quantitative estimate of drug-likeness (QED) is 0.778. The molecule has 0 saturated heterocycles. The average Bonchev–Trinajstić information content (AvgIpc) is 2.33. The van der Waals surface area contributed by atoms with Gasteiger partial charge in [-0.3, -0.25) is 0 Å². The van der Waals surface area contributed by atoms with Crippen molar-refractivity contribution in [3.8, 4) is 5.75 Å². The molecule has 0 fully saturated rings. The van der Waals surface area contributed by atoms with Gasteiger partial charge in [-0.05, 0) is 44.5 Å². The molecule has 0 unspecified atom stereocenters. The van der Waals surface area contributed by atoms with Crippen LogP contribution >= 0.6 is 0 Å². The van der Waals surface area contributed by atoms with E-state index in [-0.39, 0.29) is 6.61 Å². The van der Waals surface area contributed by atoms with E-state index in [2.05, 4.69) is 0 Å². The van der Waals surface area contributed by atoms with Gasteiger partial charge >= 0.3 is 6.16 Å². The SMILES string of the molecule is COc1ccc(/C=C/COC(=O)OC(C)(C)C)cc1. The molecule has 4 nitrogen and oxygen atoms in total. The molecule has 1 rings (SSSR count). The lowest BCUT2D eigenvalue weighted by atomic mass is 10.2. The summed E-state index contributed by atoms with van der Waals surface area (Å²) in [6.07, 6.45) is 2.96. The monoisotopic (exact) mass is 264 g/mol. The summed E-state index contributed by atoms with van der Waals surface area (Å²) in [5.74, 6) is 0.808. The van der Waals surface area contributed by atoms with Crippen molar-refractivity contribution in [2.24, 2.45) is 0 Å². The van der Waals surface area contributed by atoms with Crippen molar-refractivity contribution in [3.63, 3.8) is 0 Å². The summed E-state index contributed by atoms with van der Waals surface area (Å²) in [7, 11) is 1.62. The van der Waals surface area contributed by atoms with E-state index in [1.807, 2.05) is 30.3 Å². The van der Waals surface area contributed by atoms with E-state index in [0.29, 0.717) is 0 Å². The van der Waals surface area contributed by atoms with E-state index in [0.717, 1.165) is 11.3 Å². The van der Waals surface area contributed by atoms with Crippen molar-refractivity contribution in [1.82, 2.24) is 0 Å². The molecule has 0 aliphatic carbocycles. The van der Waals surface area contributed by atoms with Gasteiger partial charge < -0.3 is 14.2 Å². The van der Waals surface area contributed by atoms with Crippen LogP contribution < -0.4 is 4.74 Å². The van der Waals surface area contributed by atoms with Crippen molar-refractivity contribution in [2.75, 3.05) is 13.7 Å². The molecule has 0 bridgehead atoms. The normalized spacial score (nSPS) is 11.4. The molecule has 104 valence electrons. The maximum atomic E-state index is 11.3. The van der Waals surface area contributed by atoms with Crippen LogP contribution in [0.3, 0.4) is 0 Å². The standard InChI is InChI=1S/C15H20O4/c1-15(2,3)19-14(16)18-11-5-6-12-7-9-13(17-4)10-8-12/h5-10H,11H2,1-4H3/b6-5+. The number of carbonyl (C=O) groups excluding carboxylic acids is 1. The smallest absolute Gasteiger partial charge is 0.497 e. The molecule has 0 radical (unpaired) electrons. The molecule has 0 aromatic heterocycles. The van der Waals surface area contributed by atoms with Crippen LogP contribution in [0.5, 0.6) is 5.75 Å². The second-order valence-electron chi connectivity index (χ2n) is 4.95. The fourth-order valence-electron chi connectivity index (χ4n) is 1.29. The first kappa shape index (κ1) is 15.1. The highest BCUT2D eigenvalue weighted by Gasteiger charge is 2.16. The van der Waals surface area contributed by atoms with Gasteiger partial charge in [0.05, 0.1) is 7.11 Å². The Morgan fingerprint density at radius 2 is 1.84 bits per heavy atom. The van der Waals surface area contributed by atoms with E-state index < -0.39 is 11.8 Å². The molecule has 4 heteroatoms. The summed E-state index contributed by atoms with van der Waals surface area (Å²) < 4.78 is 15.0. The second kappa shape index (κ2) is 6.83. The summed E-state index contributed by atoms with van der Waals surface area (Å²) in [5.41, 5.74) is 0.477. The fraction of sp³-hybridized carbons (Fsp3) is 0.400. The van der Waals surface area contributed by atoms with Crippen LogP contribution in [0, 0.1) is 0 Å². The molecule has 0 N–H and O–H groups in total. The number of hydrogen-bond donors (Lipinski definition) is 0. The Hall–Kier alpha value is -1.97. The van der Waals surface area contributed by atoms with Crippen molar-refractivity contribution in [2.45, 2.75) is 26.4 Å². The minimum absolute atomic E-state index is 0.181. The number of ether oxygens (including phenoxy) is 3. The lowest BCUT2D eigenvalue weighted by molar-refractivity contribution is -0.00234. The third-order valence-corrected chi connectivity index (χ3v) is 2.11. The zero-order valence-corrected chi connectivity index (χ0v) is 11.8. The minimum Gasteiger partial charge on any atom is -0.497 e. The first-order valence-electron chi connectivity index (χ1n) is 6.07. The van der Waals surface area contributed by atoms with Gasteiger partial charge in [0, 0.05) is 0 Å². The lowest BCUT2D eigenvalue weighted by Gasteiger charge is -2.18. The molecule has 0 heterocycles. The predicted molar refractivity (Wildman–Crippen MR) is 74.2 cm³/mol. The van der Waals surface area contributed by atoms with Crippen LogP contribution in [-0.4, -0.2) is 25.5 Å². The van der Waals surface area contributed by atoms with Crippen molar-refractivity contribution < 1.29 is 19.0 Å². The average molecular weight is 264 g/mol. The molecule has 0 atom stereocenters. The number of carbonyl (C=O) groups is 1. The van der Waals surface area contributed by atoms with Crippen molar-refractivity contribution >= 4 is 12.2 Å². The van der Waals surface area contributed by atoms with Gasteiger partial charge in [-0.2, -0.15) is 0 Å². The summed E-state index contributed by atoms with van der Waals surface area (Å²) in [6, 6.07) is 7.58. The Morgan fingerprint density at radius 1 is 1.21 bits per heavy atom. The van der Waals surface area contributed by atoms with E-state index in [4.69, 9.17) is 14.2 Å². The number of methoxy groups -OCH3 is 1. The zero-order chi connectivity index (χ0) is 14.3.